The number of hydrogen-bond donors (Lipinski definition) is 0. The maximum Gasteiger partial charge on any atom is 0.275 e. The lowest BCUT2D eigenvalue weighted by Gasteiger charge is -2.28. The van der Waals surface area contributed by atoms with Crippen LogP contribution in [0.5, 0.6) is 11.5 Å². The Labute approximate surface area is 250 Å². The number of anilines is 2. The van der Waals surface area contributed by atoms with Gasteiger partial charge in [-0.2, -0.15) is 0 Å². The monoisotopic (exact) mass is 599 g/mol. The van der Waals surface area contributed by atoms with Crippen LogP contribution in [0.2, 0.25) is 0 Å². The van der Waals surface area contributed by atoms with Crippen LogP contribution < -0.4 is 34.0 Å². The number of rotatable bonds is 5. The summed E-state index contributed by atoms with van der Waals surface area (Å²) in [7, 11) is 3.18. The van der Waals surface area contributed by atoms with Crippen molar-refractivity contribution in [2.45, 2.75) is 6.92 Å². The van der Waals surface area contributed by atoms with E-state index in [0.29, 0.717) is 47.8 Å². The van der Waals surface area contributed by atoms with Crippen molar-refractivity contribution in [1.29, 1.82) is 0 Å². The molecular weight excluding hydrogens is 575 g/mol. The zero-order valence-electron chi connectivity index (χ0n) is 22.5. The van der Waals surface area contributed by atoms with Gasteiger partial charge in [-0.3, -0.25) is 19.1 Å². The zero-order chi connectivity index (χ0) is 28.7. The number of fused-ring (bicyclic) bond motifs is 1. The van der Waals surface area contributed by atoms with E-state index in [0.717, 1.165) is 16.9 Å². The van der Waals surface area contributed by atoms with E-state index in [9.17, 15) is 9.59 Å². The summed E-state index contributed by atoms with van der Waals surface area (Å²) in [6.07, 6.45) is 4.00. The molecular formula is C31H25N3O4S3. The summed E-state index contributed by atoms with van der Waals surface area (Å²) in [6.45, 7) is 2.73. The molecule has 0 N–H and O–H groups in total. The summed E-state index contributed by atoms with van der Waals surface area (Å²) < 4.78 is 13.7. The highest BCUT2D eigenvalue weighted by Crippen LogP contribution is 2.36. The Morgan fingerprint density at radius 3 is 2.10 bits per heavy atom. The van der Waals surface area contributed by atoms with Crippen LogP contribution in [-0.2, 0) is 4.79 Å². The van der Waals surface area contributed by atoms with Crippen LogP contribution in [0.1, 0.15) is 12.5 Å². The molecule has 1 saturated heterocycles. The lowest BCUT2D eigenvalue weighted by Crippen LogP contribution is -2.36. The van der Waals surface area contributed by atoms with Gasteiger partial charge in [0, 0.05) is 12.2 Å². The highest BCUT2D eigenvalue weighted by atomic mass is 32.2. The molecule has 7 nitrogen and oxygen atoms in total. The minimum absolute atomic E-state index is 0.206. The van der Waals surface area contributed by atoms with Gasteiger partial charge in [0.15, 0.2) is 4.32 Å². The number of likely N-dealkylation sites (N-methyl/N-ethyl adjacent to an activating group) is 1. The molecule has 2 aliphatic rings. The predicted octanol–water partition coefficient (Wildman–Crippen LogP) is 4.75. The maximum atomic E-state index is 14.3. The Hall–Kier alpha value is -4.12. The van der Waals surface area contributed by atoms with Crippen molar-refractivity contribution >= 4 is 73.6 Å². The van der Waals surface area contributed by atoms with Crippen molar-refractivity contribution in [3.63, 3.8) is 0 Å². The van der Waals surface area contributed by atoms with Gasteiger partial charge in [-0.25, -0.2) is 0 Å². The standard InChI is InChI=1S/C31H25N3O4S3/c1-4-32-24-8-6-5-7-19(24)9-18-25(32)26-28(35)33(20-10-14-22(37-2)15-11-20)30(40-26)27-29(36)34(31(39)41-27)21-12-16-23(38-3)17-13-21/h5-18H,4H2,1-3H3/b26-25+,30-27-. The van der Waals surface area contributed by atoms with E-state index in [4.69, 9.17) is 21.7 Å². The van der Waals surface area contributed by atoms with Gasteiger partial charge >= 0.3 is 0 Å². The number of carbonyl (C=O) groups excluding carboxylic acids is 1. The van der Waals surface area contributed by atoms with E-state index in [1.807, 2.05) is 36.4 Å². The number of nitrogens with zero attached hydrogens (tertiary/aromatic N) is 3. The number of carbonyl (C=O) groups is 1. The number of methoxy groups -OCH3 is 2. The van der Waals surface area contributed by atoms with Crippen LogP contribution in [0.25, 0.3) is 22.4 Å². The molecule has 1 fully saturated rings. The van der Waals surface area contributed by atoms with E-state index in [-0.39, 0.29) is 11.5 Å². The van der Waals surface area contributed by atoms with Gasteiger partial charge in [-0.05, 0) is 73.2 Å². The summed E-state index contributed by atoms with van der Waals surface area (Å²) >= 11 is 8.17. The molecule has 41 heavy (non-hydrogen) atoms. The largest absolute Gasteiger partial charge is 0.497 e. The average molecular weight is 600 g/mol. The second-order valence-electron chi connectivity index (χ2n) is 9.13. The van der Waals surface area contributed by atoms with Crippen molar-refractivity contribution in [2.24, 2.45) is 0 Å². The van der Waals surface area contributed by atoms with E-state index < -0.39 is 0 Å². The molecule has 3 aromatic carbocycles. The number of ether oxygens (including phenoxy) is 2. The van der Waals surface area contributed by atoms with E-state index in [1.165, 1.54) is 28.0 Å². The van der Waals surface area contributed by atoms with Crippen LogP contribution >= 0.6 is 35.3 Å². The molecule has 4 aromatic rings. The molecule has 0 radical (unpaired) electrons. The minimum Gasteiger partial charge on any atom is -0.497 e. The molecule has 3 heterocycles. The molecule has 1 amide bonds. The Morgan fingerprint density at radius 2 is 1.46 bits per heavy atom. The molecule has 6 rings (SSSR count). The minimum atomic E-state index is -0.276. The Bertz CT molecular complexity index is 1890. The van der Waals surface area contributed by atoms with Gasteiger partial charge < -0.3 is 14.4 Å². The van der Waals surface area contributed by atoms with Crippen molar-refractivity contribution in [3.05, 3.63) is 104 Å². The van der Waals surface area contributed by atoms with Crippen LogP contribution in [0.15, 0.2) is 83.7 Å². The fraction of sp³-hybridized carbons (Fsp3) is 0.129. The van der Waals surface area contributed by atoms with Gasteiger partial charge in [0.05, 0.1) is 31.3 Å². The molecule has 0 saturated carbocycles. The summed E-state index contributed by atoms with van der Waals surface area (Å²) in [6, 6.07) is 22.5. The second-order valence-corrected chi connectivity index (χ2v) is 11.8. The lowest BCUT2D eigenvalue weighted by molar-refractivity contribution is -0.112. The summed E-state index contributed by atoms with van der Waals surface area (Å²) in [5.74, 6) is 1.07. The highest BCUT2D eigenvalue weighted by Gasteiger charge is 2.36. The van der Waals surface area contributed by atoms with Crippen LogP contribution in [0.4, 0.5) is 11.4 Å². The summed E-state index contributed by atoms with van der Waals surface area (Å²) in [4.78, 5) is 32.2. The molecule has 0 unspecified atom stereocenters. The third-order valence-electron chi connectivity index (χ3n) is 6.91. The normalized spacial score (nSPS) is 17.2. The first-order chi connectivity index (χ1) is 19.9. The third kappa shape index (κ3) is 4.67. The number of amides is 1. The molecule has 206 valence electrons. The Balaban J connectivity index is 1.61. The number of benzene rings is 3. The van der Waals surface area contributed by atoms with Crippen molar-refractivity contribution in [2.75, 3.05) is 30.6 Å². The van der Waals surface area contributed by atoms with Crippen molar-refractivity contribution in [3.8, 4) is 17.2 Å². The van der Waals surface area contributed by atoms with Crippen molar-refractivity contribution in [1.82, 2.24) is 4.57 Å². The summed E-state index contributed by atoms with van der Waals surface area (Å²) in [5, 5.41) is 0. The number of hydrogen-bond acceptors (Lipinski definition) is 8. The SMILES string of the molecule is CCN1/C(=c2/s/c(=C3\SC(=S)N(c4ccc(OC)cc4)C3=O)n(-c3ccc(OC)cc3)c2=O)C=Cc2ccccc21. The quantitative estimate of drug-likeness (QED) is 0.307. The van der Waals surface area contributed by atoms with E-state index in [2.05, 4.69) is 24.0 Å². The topological polar surface area (TPSA) is 64.0 Å². The first kappa shape index (κ1) is 27.1. The second kappa shape index (κ2) is 11.0. The molecule has 0 spiro atoms. The van der Waals surface area contributed by atoms with Crippen LogP contribution in [0.3, 0.4) is 0 Å². The Morgan fingerprint density at radius 1 is 0.829 bits per heavy atom. The zero-order valence-corrected chi connectivity index (χ0v) is 24.9. The van der Waals surface area contributed by atoms with Gasteiger partial charge in [0.25, 0.3) is 11.5 Å². The van der Waals surface area contributed by atoms with E-state index >= 15 is 0 Å². The number of thioether (sulfide) groups is 1. The average Bonchev–Trinajstić information content (AvgIpc) is 3.51. The number of para-hydroxylation sites is 1. The summed E-state index contributed by atoms with van der Waals surface area (Å²) in [5.41, 5.74) is 3.97. The molecule has 1 aromatic heterocycles. The number of aromatic nitrogens is 1. The van der Waals surface area contributed by atoms with Crippen molar-refractivity contribution < 1.29 is 14.3 Å². The molecule has 0 aliphatic carbocycles. The van der Waals surface area contributed by atoms with Gasteiger partial charge in [-0.1, -0.05) is 48.3 Å². The lowest BCUT2D eigenvalue weighted by atomic mass is 10.1. The fourth-order valence-corrected chi connectivity index (χ4v) is 7.52. The van der Waals surface area contributed by atoms with E-state index in [1.54, 1.807) is 55.2 Å². The molecule has 0 bridgehead atoms. The van der Waals surface area contributed by atoms with Gasteiger partial charge in [0.2, 0.25) is 0 Å². The third-order valence-corrected chi connectivity index (χ3v) is 9.57. The molecule has 0 atom stereocenters. The van der Waals surface area contributed by atoms with Crippen LogP contribution in [-0.4, -0.2) is 35.6 Å². The first-order valence-corrected chi connectivity index (χ1v) is 14.9. The smallest absolute Gasteiger partial charge is 0.275 e. The van der Waals surface area contributed by atoms with Gasteiger partial charge in [0.1, 0.15) is 25.6 Å². The molecule has 2 aliphatic heterocycles. The number of thiocarbonyl (C=S) groups is 1. The van der Waals surface area contributed by atoms with Gasteiger partial charge in [-0.15, -0.1) is 11.3 Å². The molecule has 10 heteroatoms. The predicted molar refractivity (Wildman–Crippen MR) is 172 cm³/mol. The number of thiazole rings is 1. The maximum absolute atomic E-state index is 14.3. The Kier molecular flexibility index (Phi) is 7.29. The highest BCUT2D eigenvalue weighted by molar-refractivity contribution is 8.31. The first-order valence-electron chi connectivity index (χ1n) is 12.8. The van der Waals surface area contributed by atoms with Crippen LogP contribution in [0, 0.1) is 0 Å². The fourth-order valence-electron chi connectivity index (χ4n) is 4.91.